The highest BCUT2D eigenvalue weighted by atomic mass is 16.4. The number of fused-ring (bicyclic) bond motifs is 2. The fourth-order valence-electron chi connectivity index (χ4n) is 4.92. The number of rotatable bonds is 5. The van der Waals surface area contributed by atoms with E-state index in [1.165, 1.54) is 4.90 Å². The average Bonchev–Trinajstić information content (AvgIpc) is 3.39. The van der Waals surface area contributed by atoms with Gasteiger partial charge in [0.1, 0.15) is 0 Å². The molecule has 2 aliphatic carbocycles. The summed E-state index contributed by atoms with van der Waals surface area (Å²) in [5.74, 6) is -1.01. The molecule has 2 saturated carbocycles. The minimum Gasteiger partial charge on any atom is -0.481 e. The third kappa shape index (κ3) is 3.26. The molecule has 7 heteroatoms. The zero-order chi connectivity index (χ0) is 19.1. The van der Waals surface area contributed by atoms with Gasteiger partial charge < -0.3 is 15.1 Å². The van der Waals surface area contributed by atoms with Crippen molar-refractivity contribution < 1.29 is 24.6 Å². The average molecular weight is 372 g/mol. The van der Waals surface area contributed by atoms with Crippen molar-refractivity contribution in [2.45, 2.75) is 63.1 Å². The van der Waals surface area contributed by atoms with E-state index in [0.717, 1.165) is 43.4 Å². The quantitative estimate of drug-likeness (QED) is 0.828. The predicted molar refractivity (Wildman–Crippen MR) is 97.7 cm³/mol. The Morgan fingerprint density at radius 1 is 1.04 bits per heavy atom. The number of anilines is 1. The molecule has 3 unspecified atom stereocenters. The zero-order valence-electron chi connectivity index (χ0n) is 15.1. The summed E-state index contributed by atoms with van der Waals surface area (Å²) in [6, 6.07) is 7.63. The standard InChI is InChI=1S/C20H24N2O5/c23-18(9-10-19(24)25)21(13-5-6-13)16-7-8-17-14(16)11-12-3-1-2-4-15(12)22(17)20(26)27/h1-4,13-14,16-17H,5-11H2,(H,24,25)(H,26,27). The van der Waals surface area contributed by atoms with Crippen molar-refractivity contribution in [3.63, 3.8) is 0 Å². The molecular weight excluding hydrogens is 348 g/mol. The molecule has 2 fully saturated rings. The number of benzene rings is 1. The molecule has 0 radical (unpaired) electrons. The molecule has 3 atom stereocenters. The molecule has 0 spiro atoms. The fourth-order valence-corrected chi connectivity index (χ4v) is 4.92. The summed E-state index contributed by atoms with van der Waals surface area (Å²) in [7, 11) is 0. The van der Waals surface area contributed by atoms with Gasteiger partial charge in [-0.25, -0.2) is 4.79 Å². The van der Waals surface area contributed by atoms with Gasteiger partial charge in [-0.3, -0.25) is 14.5 Å². The van der Waals surface area contributed by atoms with Crippen molar-refractivity contribution in [1.82, 2.24) is 4.90 Å². The molecular formula is C20H24N2O5. The maximum atomic E-state index is 12.8. The molecule has 7 nitrogen and oxygen atoms in total. The third-order valence-corrected chi connectivity index (χ3v) is 6.13. The van der Waals surface area contributed by atoms with Gasteiger partial charge in [-0.2, -0.15) is 0 Å². The smallest absolute Gasteiger partial charge is 0.412 e. The zero-order valence-corrected chi connectivity index (χ0v) is 15.1. The molecule has 1 aromatic rings. The molecule has 3 aliphatic rings. The molecule has 27 heavy (non-hydrogen) atoms. The Morgan fingerprint density at radius 2 is 1.78 bits per heavy atom. The number of para-hydroxylation sites is 1. The van der Waals surface area contributed by atoms with Gasteiger partial charge in [0.25, 0.3) is 0 Å². The number of carbonyl (C=O) groups is 3. The van der Waals surface area contributed by atoms with E-state index >= 15 is 0 Å². The third-order valence-electron chi connectivity index (χ3n) is 6.13. The van der Waals surface area contributed by atoms with Crippen molar-refractivity contribution in [2.75, 3.05) is 4.90 Å². The fraction of sp³-hybridized carbons (Fsp3) is 0.550. The first-order chi connectivity index (χ1) is 13.0. The molecule has 2 amide bonds. The SMILES string of the molecule is O=C(O)CCC(=O)N(C1CC1)C1CCC2C1Cc1ccccc1N2C(=O)O. The number of carboxylic acid groups (broad SMARTS) is 2. The van der Waals surface area contributed by atoms with Gasteiger partial charge in [-0.15, -0.1) is 0 Å². The molecule has 0 saturated heterocycles. The summed E-state index contributed by atoms with van der Waals surface area (Å²) in [6.45, 7) is 0. The highest BCUT2D eigenvalue weighted by Gasteiger charge is 2.50. The van der Waals surface area contributed by atoms with Crippen LogP contribution in [0, 0.1) is 5.92 Å². The minimum absolute atomic E-state index is 0.0128. The first-order valence-electron chi connectivity index (χ1n) is 9.60. The van der Waals surface area contributed by atoms with Gasteiger partial charge >= 0.3 is 12.1 Å². The van der Waals surface area contributed by atoms with Crippen molar-refractivity contribution in [2.24, 2.45) is 5.92 Å². The maximum Gasteiger partial charge on any atom is 0.412 e. The van der Waals surface area contributed by atoms with Crippen molar-refractivity contribution in [3.8, 4) is 0 Å². The molecule has 4 rings (SSSR count). The van der Waals surface area contributed by atoms with Crippen LogP contribution in [0.1, 0.15) is 44.1 Å². The Kier molecular flexibility index (Phi) is 4.53. The summed E-state index contributed by atoms with van der Waals surface area (Å²) < 4.78 is 0. The predicted octanol–water partition coefficient (Wildman–Crippen LogP) is 2.73. The summed E-state index contributed by atoms with van der Waals surface area (Å²) in [4.78, 5) is 39.0. The number of hydrogen-bond donors (Lipinski definition) is 2. The largest absolute Gasteiger partial charge is 0.481 e. The van der Waals surface area contributed by atoms with Crippen LogP contribution in [-0.4, -0.2) is 51.2 Å². The Labute approximate surface area is 157 Å². The van der Waals surface area contributed by atoms with Gasteiger partial charge in [0.2, 0.25) is 5.91 Å². The molecule has 0 bridgehead atoms. The van der Waals surface area contributed by atoms with E-state index in [-0.39, 0.29) is 42.8 Å². The lowest BCUT2D eigenvalue weighted by atomic mass is 9.85. The highest BCUT2D eigenvalue weighted by molar-refractivity contribution is 5.89. The highest BCUT2D eigenvalue weighted by Crippen LogP contribution is 2.46. The van der Waals surface area contributed by atoms with Crippen LogP contribution >= 0.6 is 0 Å². The van der Waals surface area contributed by atoms with Crippen molar-refractivity contribution in [1.29, 1.82) is 0 Å². The number of nitrogens with zero attached hydrogens (tertiary/aromatic N) is 2. The van der Waals surface area contributed by atoms with Crippen LogP contribution in [-0.2, 0) is 16.0 Å². The van der Waals surface area contributed by atoms with Gasteiger partial charge in [0, 0.05) is 30.5 Å². The second-order valence-corrected chi connectivity index (χ2v) is 7.79. The number of carbonyl (C=O) groups excluding carboxylic acids is 1. The minimum atomic E-state index is -0.966. The molecule has 1 aliphatic heterocycles. The maximum absolute atomic E-state index is 12.8. The van der Waals surface area contributed by atoms with Crippen molar-refractivity contribution in [3.05, 3.63) is 29.8 Å². The lowest BCUT2D eigenvalue weighted by Gasteiger charge is -2.41. The summed E-state index contributed by atoms with van der Waals surface area (Å²) >= 11 is 0. The summed E-state index contributed by atoms with van der Waals surface area (Å²) in [5.41, 5.74) is 1.75. The number of hydrogen-bond acceptors (Lipinski definition) is 3. The van der Waals surface area contributed by atoms with Crippen LogP contribution in [0.4, 0.5) is 10.5 Å². The van der Waals surface area contributed by atoms with E-state index < -0.39 is 12.1 Å². The molecule has 1 aromatic carbocycles. The summed E-state index contributed by atoms with van der Waals surface area (Å²) in [6.07, 6.45) is 3.05. The van der Waals surface area contributed by atoms with Crippen LogP contribution in [0.3, 0.4) is 0 Å². The van der Waals surface area contributed by atoms with Gasteiger partial charge in [-0.1, -0.05) is 18.2 Å². The molecule has 144 valence electrons. The van der Waals surface area contributed by atoms with E-state index in [2.05, 4.69) is 0 Å². The first kappa shape index (κ1) is 17.8. The van der Waals surface area contributed by atoms with E-state index in [9.17, 15) is 19.5 Å². The molecule has 1 heterocycles. The monoisotopic (exact) mass is 372 g/mol. The lowest BCUT2D eigenvalue weighted by Crippen LogP contribution is -2.52. The lowest BCUT2D eigenvalue weighted by molar-refractivity contribution is -0.142. The van der Waals surface area contributed by atoms with Crippen LogP contribution < -0.4 is 4.90 Å². The van der Waals surface area contributed by atoms with Gasteiger partial charge in [0.15, 0.2) is 0 Å². The van der Waals surface area contributed by atoms with E-state index in [1.54, 1.807) is 0 Å². The Hall–Kier alpha value is -2.57. The topological polar surface area (TPSA) is 98.2 Å². The second-order valence-electron chi connectivity index (χ2n) is 7.79. The van der Waals surface area contributed by atoms with Gasteiger partial charge in [0.05, 0.1) is 12.1 Å². The van der Waals surface area contributed by atoms with Gasteiger partial charge in [-0.05, 0) is 43.7 Å². The Bertz CT molecular complexity index is 775. The molecule has 0 aromatic heterocycles. The van der Waals surface area contributed by atoms with Crippen LogP contribution in [0.25, 0.3) is 0 Å². The van der Waals surface area contributed by atoms with E-state index in [0.29, 0.717) is 0 Å². The van der Waals surface area contributed by atoms with Crippen LogP contribution in [0.5, 0.6) is 0 Å². The van der Waals surface area contributed by atoms with Crippen LogP contribution in [0.2, 0.25) is 0 Å². The number of aliphatic carboxylic acids is 1. The number of carboxylic acids is 1. The van der Waals surface area contributed by atoms with Crippen molar-refractivity contribution >= 4 is 23.7 Å². The second kappa shape index (κ2) is 6.87. The first-order valence-corrected chi connectivity index (χ1v) is 9.60. The normalized spacial score (nSPS) is 26.2. The number of amides is 2. The Balaban J connectivity index is 1.61. The van der Waals surface area contributed by atoms with Crippen LogP contribution in [0.15, 0.2) is 24.3 Å². The van der Waals surface area contributed by atoms with E-state index in [4.69, 9.17) is 5.11 Å². The van der Waals surface area contributed by atoms with E-state index in [1.807, 2.05) is 29.2 Å². The Morgan fingerprint density at radius 3 is 2.44 bits per heavy atom. The molecule has 2 N–H and O–H groups in total. The summed E-state index contributed by atoms with van der Waals surface area (Å²) in [5, 5.41) is 18.7.